The first-order chi connectivity index (χ1) is 9.71. The summed E-state index contributed by atoms with van der Waals surface area (Å²) in [5, 5.41) is 1.38. The number of nitrogens with zero attached hydrogens (tertiary/aromatic N) is 1. The Morgan fingerprint density at radius 1 is 1.10 bits per heavy atom. The SMILES string of the molecule is COc1cc(C(=O)N2CCCCO2)cc(OC)c1OC. The van der Waals surface area contributed by atoms with Crippen LogP contribution in [0.15, 0.2) is 12.1 Å². The summed E-state index contributed by atoms with van der Waals surface area (Å²) in [4.78, 5) is 17.8. The lowest BCUT2D eigenvalue weighted by molar-refractivity contribution is -0.144. The molecule has 1 aromatic rings. The van der Waals surface area contributed by atoms with Crippen molar-refractivity contribution >= 4 is 5.91 Å². The summed E-state index contributed by atoms with van der Waals surface area (Å²) < 4.78 is 15.7. The van der Waals surface area contributed by atoms with E-state index in [0.717, 1.165) is 12.8 Å². The lowest BCUT2D eigenvalue weighted by Gasteiger charge is -2.26. The van der Waals surface area contributed by atoms with Crippen LogP contribution in [0.25, 0.3) is 0 Å². The zero-order valence-electron chi connectivity index (χ0n) is 12.0. The molecule has 1 aliphatic heterocycles. The summed E-state index contributed by atoms with van der Waals surface area (Å²) in [7, 11) is 4.56. The Bertz CT molecular complexity index is 457. The molecule has 0 unspecified atom stereocenters. The van der Waals surface area contributed by atoms with Gasteiger partial charge >= 0.3 is 0 Å². The van der Waals surface area contributed by atoms with E-state index in [1.807, 2.05) is 0 Å². The molecule has 0 bridgehead atoms. The number of methoxy groups -OCH3 is 3. The van der Waals surface area contributed by atoms with E-state index in [9.17, 15) is 4.79 Å². The number of rotatable bonds is 4. The molecule has 2 rings (SSSR count). The molecule has 0 aliphatic carbocycles. The van der Waals surface area contributed by atoms with Gasteiger partial charge in [-0.1, -0.05) is 0 Å². The maximum atomic E-state index is 12.4. The molecule has 1 aliphatic rings. The Morgan fingerprint density at radius 3 is 2.20 bits per heavy atom. The number of benzene rings is 1. The molecular weight excluding hydrogens is 262 g/mol. The summed E-state index contributed by atoms with van der Waals surface area (Å²) in [5.41, 5.74) is 0.446. The van der Waals surface area contributed by atoms with Crippen molar-refractivity contribution in [1.29, 1.82) is 0 Å². The van der Waals surface area contributed by atoms with E-state index in [1.54, 1.807) is 12.1 Å². The van der Waals surface area contributed by atoms with Crippen LogP contribution in [0, 0.1) is 0 Å². The number of hydroxylamine groups is 2. The van der Waals surface area contributed by atoms with Gasteiger partial charge in [-0.25, -0.2) is 5.06 Å². The molecular formula is C14H19NO5. The van der Waals surface area contributed by atoms with Gasteiger partial charge in [0, 0.05) is 12.1 Å². The molecule has 1 saturated heterocycles. The summed E-state index contributed by atoms with van der Waals surface area (Å²) in [6.07, 6.45) is 1.91. The van der Waals surface area contributed by atoms with Gasteiger partial charge in [0.15, 0.2) is 11.5 Å². The molecule has 110 valence electrons. The van der Waals surface area contributed by atoms with E-state index in [0.29, 0.717) is 36.0 Å². The molecule has 20 heavy (non-hydrogen) atoms. The predicted molar refractivity (Wildman–Crippen MR) is 72.3 cm³/mol. The summed E-state index contributed by atoms with van der Waals surface area (Å²) in [6.45, 7) is 1.16. The van der Waals surface area contributed by atoms with E-state index in [4.69, 9.17) is 19.0 Å². The molecule has 1 heterocycles. The quantitative estimate of drug-likeness (QED) is 0.843. The Morgan fingerprint density at radius 2 is 1.75 bits per heavy atom. The van der Waals surface area contributed by atoms with E-state index < -0.39 is 0 Å². The molecule has 0 atom stereocenters. The minimum Gasteiger partial charge on any atom is -0.493 e. The van der Waals surface area contributed by atoms with Crippen LogP contribution in [0.2, 0.25) is 0 Å². The molecule has 6 nitrogen and oxygen atoms in total. The highest BCUT2D eigenvalue weighted by molar-refractivity contribution is 5.95. The van der Waals surface area contributed by atoms with Crippen molar-refractivity contribution in [3.8, 4) is 17.2 Å². The van der Waals surface area contributed by atoms with Crippen LogP contribution in [0.3, 0.4) is 0 Å². The van der Waals surface area contributed by atoms with Gasteiger partial charge in [-0.3, -0.25) is 9.63 Å². The molecule has 6 heteroatoms. The van der Waals surface area contributed by atoms with Crippen molar-refractivity contribution in [2.45, 2.75) is 12.8 Å². The molecule has 1 fully saturated rings. The van der Waals surface area contributed by atoms with Crippen molar-refractivity contribution < 1.29 is 23.8 Å². The van der Waals surface area contributed by atoms with Gasteiger partial charge in [0.1, 0.15) is 0 Å². The van der Waals surface area contributed by atoms with Crippen molar-refractivity contribution in [3.05, 3.63) is 17.7 Å². The number of carbonyl (C=O) groups excluding carboxylic acids is 1. The second-order valence-corrected chi connectivity index (χ2v) is 4.36. The van der Waals surface area contributed by atoms with Crippen LogP contribution >= 0.6 is 0 Å². The third-order valence-corrected chi connectivity index (χ3v) is 3.14. The molecule has 0 radical (unpaired) electrons. The topological polar surface area (TPSA) is 57.2 Å². The van der Waals surface area contributed by atoms with Crippen molar-refractivity contribution in [2.75, 3.05) is 34.5 Å². The van der Waals surface area contributed by atoms with Crippen molar-refractivity contribution in [1.82, 2.24) is 5.06 Å². The van der Waals surface area contributed by atoms with Crippen LogP contribution in [-0.4, -0.2) is 45.5 Å². The predicted octanol–water partition coefficient (Wildman–Crippen LogP) is 1.88. The summed E-state index contributed by atoms with van der Waals surface area (Å²) in [6, 6.07) is 3.25. The van der Waals surface area contributed by atoms with Crippen LogP contribution in [0.1, 0.15) is 23.2 Å². The smallest absolute Gasteiger partial charge is 0.277 e. The highest BCUT2D eigenvalue weighted by Gasteiger charge is 2.23. The minimum atomic E-state index is -0.205. The van der Waals surface area contributed by atoms with Gasteiger partial charge in [-0.05, 0) is 25.0 Å². The highest BCUT2D eigenvalue weighted by Crippen LogP contribution is 2.38. The third-order valence-electron chi connectivity index (χ3n) is 3.14. The van der Waals surface area contributed by atoms with Crippen LogP contribution in [-0.2, 0) is 4.84 Å². The Balaban J connectivity index is 2.33. The normalized spacial score (nSPS) is 14.8. The monoisotopic (exact) mass is 281 g/mol. The first-order valence-corrected chi connectivity index (χ1v) is 6.46. The summed E-state index contributed by atoms with van der Waals surface area (Å²) >= 11 is 0. The first-order valence-electron chi connectivity index (χ1n) is 6.46. The molecule has 1 amide bonds. The van der Waals surface area contributed by atoms with Gasteiger partial charge in [0.25, 0.3) is 5.91 Å². The Labute approximate surface area is 118 Å². The largest absolute Gasteiger partial charge is 0.493 e. The Kier molecular flexibility index (Phi) is 4.68. The molecule has 0 saturated carbocycles. The zero-order chi connectivity index (χ0) is 14.5. The lowest BCUT2D eigenvalue weighted by Crippen LogP contribution is -2.35. The molecule has 0 spiro atoms. The standard InChI is InChI=1S/C14H19NO5/c1-17-11-8-10(9-12(18-2)13(11)19-3)14(16)15-6-4-5-7-20-15/h8-9H,4-7H2,1-3H3. The number of amides is 1. The maximum Gasteiger partial charge on any atom is 0.277 e. The van der Waals surface area contributed by atoms with E-state index >= 15 is 0 Å². The average molecular weight is 281 g/mol. The number of hydrogen-bond acceptors (Lipinski definition) is 5. The highest BCUT2D eigenvalue weighted by atomic mass is 16.7. The van der Waals surface area contributed by atoms with E-state index in [1.165, 1.54) is 26.4 Å². The van der Waals surface area contributed by atoms with Crippen LogP contribution < -0.4 is 14.2 Å². The first kappa shape index (κ1) is 14.5. The maximum absolute atomic E-state index is 12.4. The van der Waals surface area contributed by atoms with Gasteiger partial charge in [-0.2, -0.15) is 0 Å². The fourth-order valence-corrected chi connectivity index (χ4v) is 2.11. The second kappa shape index (κ2) is 6.47. The lowest BCUT2D eigenvalue weighted by atomic mass is 10.1. The molecule has 0 aromatic heterocycles. The van der Waals surface area contributed by atoms with E-state index in [-0.39, 0.29) is 5.91 Å². The number of ether oxygens (including phenoxy) is 3. The van der Waals surface area contributed by atoms with Gasteiger partial charge in [0.05, 0.1) is 27.9 Å². The van der Waals surface area contributed by atoms with Gasteiger partial charge < -0.3 is 14.2 Å². The van der Waals surface area contributed by atoms with Crippen molar-refractivity contribution in [3.63, 3.8) is 0 Å². The number of hydrogen-bond donors (Lipinski definition) is 0. The van der Waals surface area contributed by atoms with Crippen LogP contribution in [0.5, 0.6) is 17.2 Å². The second-order valence-electron chi connectivity index (χ2n) is 4.36. The third kappa shape index (κ3) is 2.80. The van der Waals surface area contributed by atoms with Crippen LogP contribution in [0.4, 0.5) is 0 Å². The van der Waals surface area contributed by atoms with Gasteiger partial charge in [-0.15, -0.1) is 0 Å². The molecule has 1 aromatic carbocycles. The van der Waals surface area contributed by atoms with E-state index in [2.05, 4.69) is 0 Å². The van der Waals surface area contributed by atoms with Crippen molar-refractivity contribution in [2.24, 2.45) is 0 Å². The fourth-order valence-electron chi connectivity index (χ4n) is 2.11. The average Bonchev–Trinajstić information content (AvgIpc) is 2.53. The minimum absolute atomic E-state index is 0.205. The van der Waals surface area contributed by atoms with Gasteiger partial charge in [0.2, 0.25) is 5.75 Å². The number of carbonyl (C=O) groups is 1. The Hall–Kier alpha value is -1.95. The molecule has 0 N–H and O–H groups in total. The fraction of sp³-hybridized carbons (Fsp3) is 0.500. The summed E-state index contributed by atoms with van der Waals surface area (Å²) in [5.74, 6) is 1.16. The zero-order valence-corrected chi connectivity index (χ0v) is 12.0.